The highest BCUT2D eigenvalue weighted by atomic mass is 16.6. The largest absolute Gasteiger partial charge is 0.496 e. The van der Waals surface area contributed by atoms with Gasteiger partial charge in [0.25, 0.3) is 0 Å². The second-order valence-corrected chi connectivity index (χ2v) is 8.05. The number of esters is 1. The molecule has 0 N–H and O–H groups in total. The minimum atomic E-state index is -0.559. The van der Waals surface area contributed by atoms with Gasteiger partial charge in [0.1, 0.15) is 11.3 Å². The van der Waals surface area contributed by atoms with Gasteiger partial charge >= 0.3 is 12.1 Å². The van der Waals surface area contributed by atoms with E-state index in [4.69, 9.17) is 14.2 Å². The summed E-state index contributed by atoms with van der Waals surface area (Å²) < 4.78 is 15.6. The summed E-state index contributed by atoms with van der Waals surface area (Å²) in [5.74, 6) is -0.205. The molecule has 0 saturated carbocycles. The van der Waals surface area contributed by atoms with Crippen LogP contribution in [0.4, 0.5) is 10.5 Å². The van der Waals surface area contributed by atoms with Gasteiger partial charge < -0.3 is 14.2 Å². The van der Waals surface area contributed by atoms with Gasteiger partial charge in [-0.1, -0.05) is 42.5 Å². The van der Waals surface area contributed by atoms with Crippen LogP contribution in [0.1, 0.15) is 42.1 Å². The highest BCUT2D eigenvalue weighted by Crippen LogP contribution is 2.31. The molecule has 1 amide bonds. The standard InChI is InChI=1S/C27H34N2O5/c1-4-34-27(31)29(23-13-10-14-24(32-2)25(23)26(30)33-3)18-9-8-17-28-19-15-22(16-20-28)21-11-6-5-7-12-21/h5-7,10-15H,4,8-9,16-20H2,1-3H3. The van der Waals surface area contributed by atoms with Crippen LogP contribution in [0.25, 0.3) is 5.57 Å². The molecule has 2 aromatic rings. The molecule has 2 aromatic carbocycles. The lowest BCUT2D eigenvalue weighted by Crippen LogP contribution is -2.35. The summed E-state index contributed by atoms with van der Waals surface area (Å²) >= 11 is 0. The first-order chi connectivity index (χ1) is 16.6. The number of unbranched alkanes of at least 4 members (excludes halogenated alkanes) is 1. The molecule has 7 heteroatoms. The van der Waals surface area contributed by atoms with E-state index in [0.29, 0.717) is 18.0 Å². The molecule has 0 aliphatic carbocycles. The van der Waals surface area contributed by atoms with E-state index in [1.54, 1.807) is 25.1 Å². The third-order valence-corrected chi connectivity index (χ3v) is 5.94. The summed E-state index contributed by atoms with van der Waals surface area (Å²) in [7, 11) is 2.79. The monoisotopic (exact) mass is 466 g/mol. The highest BCUT2D eigenvalue weighted by molar-refractivity contribution is 6.03. The van der Waals surface area contributed by atoms with Crippen molar-refractivity contribution in [3.8, 4) is 5.75 Å². The lowest BCUT2D eigenvalue weighted by atomic mass is 9.99. The van der Waals surface area contributed by atoms with Gasteiger partial charge in [0.15, 0.2) is 0 Å². The van der Waals surface area contributed by atoms with Gasteiger partial charge in [-0.15, -0.1) is 0 Å². The Bertz CT molecular complexity index is 990. The minimum absolute atomic E-state index is 0.218. The second kappa shape index (κ2) is 12.8. The van der Waals surface area contributed by atoms with E-state index in [0.717, 1.165) is 38.9 Å². The Morgan fingerprint density at radius 3 is 2.47 bits per heavy atom. The lowest BCUT2D eigenvalue weighted by molar-refractivity contribution is 0.0598. The van der Waals surface area contributed by atoms with Crippen molar-refractivity contribution in [1.82, 2.24) is 4.90 Å². The molecule has 0 bridgehead atoms. The fraction of sp³-hybridized carbons (Fsp3) is 0.407. The van der Waals surface area contributed by atoms with Crippen molar-refractivity contribution in [2.75, 3.05) is 51.9 Å². The van der Waals surface area contributed by atoms with Gasteiger partial charge in [-0.05, 0) is 56.0 Å². The molecular formula is C27H34N2O5. The minimum Gasteiger partial charge on any atom is -0.496 e. The summed E-state index contributed by atoms with van der Waals surface area (Å²) in [6, 6.07) is 15.6. The van der Waals surface area contributed by atoms with Crippen molar-refractivity contribution >= 4 is 23.3 Å². The summed E-state index contributed by atoms with van der Waals surface area (Å²) in [6.07, 6.45) is 4.53. The Balaban J connectivity index is 1.62. The maximum atomic E-state index is 12.8. The van der Waals surface area contributed by atoms with E-state index in [-0.39, 0.29) is 12.2 Å². The van der Waals surface area contributed by atoms with Crippen LogP contribution in [0, 0.1) is 0 Å². The number of hydrogen-bond donors (Lipinski definition) is 0. The number of rotatable bonds is 10. The normalized spacial score (nSPS) is 13.7. The van der Waals surface area contributed by atoms with E-state index < -0.39 is 12.1 Å². The summed E-state index contributed by atoms with van der Waals surface area (Å²) in [4.78, 5) is 29.2. The summed E-state index contributed by atoms with van der Waals surface area (Å²) in [5.41, 5.74) is 3.35. The number of benzene rings is 2. The van der Waals surface area contributed by atoms with E-state index in [9.17, 15) is 9.59 Å². The van der Waals surface area contributed by atoms with Gasteiger partial charge in [-0.25, -0.2) is 9.59 Å². The quantitative estimate of drug-likeness (QED) is 0.362. The molecule has 0 radical (unpaired) electrons. The topological polar surface area (TPSA) is 68.3 Å². The van der Waals surface area contributed by atoms with Crippen molar-refractivity contribution < 1.29 is 23.8 Å². The maximum Gasteiger partial charge on any atom is 0.414 e. The number of hydrogen-bond acceptors (Lipinski definition) is 6. The van der Waals surface area contributed by atoms with Crippen LogP contribution in [-0.2, 0) is 9.47 Å². The Kier molecular flexibility index (Phi) is 9.52. The van der Waals surface area contributed by atoms with Gasteiger partial charge in [-0.3, -0.25) is 9.80 Å². The third-order valence-electron chi connectivity index (χ3n) is 5.94. The average Bonchev–Trinajstić information content (AvgIpc) is 2.88. The molecule has 0 saturated heterocycles. The highest BCUT2D eigenvalue weighted by Gasteiger charge is 2.26. The van der Waals surface area contributed by atoms with E-state index in [1.165, 1.54) is 30.3 Å². The molecule has 0 unspecified atom stereocenters. The maximum absolute atomic E-state index is 12.8. The fourth-order valence-electron chi connectivity index (χ4n) is 4.17. The Morgan fingerprint density at radius 1 is 1.03 bits per heavy atom. The predicted molar refractivity (Wildman–Crippen MR) is 133 cm³/mol. The molecule has 1 aliphatic heterocycles. The number of carbonyl (C=O) groups is 2. The smallest absolute Gasteiger partial charge is 0.414 e. The molecule has 0 spiro atoms. The van der Waals surface area contributed by atoms with Crippen molar-refractivity contribution in [2.24, 2.45) is 0 Å². The Hall–Kier alpha value is -3.32. The van der Waals surface area contributed by atoms with Crippen LogP contribution >= 0.6 is 0 Å². The zero-order valence-corrected chi connectivity index (χ0v) is 20.3. The molecule has 7 nitrogen and oxygen atoms in total. The predicted octanol–water partition coefficient (Wildman–Crippen LogP) is 5.01. The van der Waals surface area contributed by atoms with Crippen molar-refractivity contribution in [2.45, 2.75) is 26.2 Å². The third kappa shape index (κ3) is 6.38. The van der Waals surface area contributed by atoms with Crippen LogP contribution < -0.4 is 9.64 Å². The SMILES string of the molecule is CCOC(=O)N(CCCCN1CC=C(c2ccccc2)CC1)c1cccc(OC)c1C(=O)OC. The molecule has 1 aliphatic rings. The Labute approximate surface area is 201 Å². The van der Waals surface area contributed by atoms with Gasteiger partial charge in [-0.2, -0.15) is 0 Å². The number of nitrogens with zero attached hydrogens (tertiary/aromatic N) is 2. The van der Waals surface area contributed by atoms with Crippen molar-refractivity contribution in [1.29, 1.82) is 0 Å². The van der Waals surface area contributed by atoms with Gasteiger partial charge in [0.2, 0.25) is 0 Å². The number of amides is 1. The first-order valence-corrected chi connectivity index (χ1v) is 11.8. The van der Waals surface area contributed by atoms with Crippen LogP contribution in [0.15, 0.2) is 54.6 Å². The molecule has 0 aromatic heterocycles. The zero-order chi connectivity index (χ0) is 24.3. The molecule has 182 valence electrons. The van der Waals surface area contributed by atoms with Crippen LogP contribution in [0.3, 0.4) is 0 Å². The number of carbonyl (C=O) groups excluding carboxylic acids is 2. The average molecular weight is 467 g/mol. The Morgan fingerprint density at radius 2 is 1.82 bits per heavy atom. The molecular weight excluding hydrogens is 432 g/mol. The van der Waals surface area contributed by atoms with Crippen LogP contribution in [0.5, 0.6) is 5.75 Å². The number of ether oxygens (including phenoxy) is 3. The molecule has 34 heavy (non-hydrogen) atoms. The lowest BCUT2D eigenvalue weighted by Gasteiger charge is -2.27. The molecule has 0 atom stereocenters. The van der Waals surface area contributed by atoms with Crippen molar-refractivity contribution in [3.63, 3.8) is 0 Å². The van der Waals surface area contributed by atoms with Crippen LogP contribution in [0.2, 0.25) is 0 Å². The fourth-order valence-corrected chi connectivity index (χ4v) is 4.17. The van der Waals surface area contributed by atoms with E-state index >= 15 is 0 Å². The second-order valence-electron chi connectivity index (χ2n) is 8.05. The van der Waals surface area contributed by atoms with Crippen molar-refractivity contribution in [3.05, 3.63) is 65.7 Å². The first kappa shape index (κ1) is 25.3. The summed E-state index contributed by atoms with van der Waals surface area (Å²) in [5, 5.41) is 0. The van der Waals surface area contributed by atoms with Crippen LogP contribution in [-0.4, -0.2) is 64.0 Å². The zero-order valence-electron chi connectivity index (χ0n) is 20.3. The van der Waals surface area contributed by atoms with E-state index in [1.807, 2.05) is 6.07 Å². The number of methoxy groups -OCH3 is 2. The van der Waals surface area contributed by atoms with E-state index in [2.05, 4.69) is 35.2 Å². The van der Waals surface area contributed by atoms with Gasteiger partial charge in [0, 0.05) is 19.6 Å². The number of anilines is 1. The summed E-state index contributed by atoms with van der Waals surface area (Å²) in [6.45, 7) is 5.32. The molecule has 0 fully saturated rings. The first-order valence-electron chi connectivity index (χ1n) is 11.8. The molecule has 3 rings (SSSR count). The van der Waals surface area contributed by atoms with Gasteiger partial charge in [0.05, 0.1) is 26.5 Å². The molecule has 1 heterocycles.